The van der Waals surface area contributed by atoms with Crippen molar-refractivity contribution in [1.82, 2.24) is 15.5 Å². The van der Waals surface area contributed by atoms with Crippen LogP contribution in [-0.4, -0.2) is 53.7 Å². The molecule has 1 aliphatic carbocycles. The smallest absolute Gasteiger partial charge is 0.314 e. The molecule has 0 aromatic carbocycles. The fourth-order valence-electron chi connectivity index (χ4n) is 3.77. The number of carboxylic acid groups (broad SMARTS) is 1. The lowest BCUT2D eigenvalue weighted by molar-refractivity contribution is -0.136. The molecule has 1 aliphatic heterocycles. The van der Waals surface area contributed by atoms with E-state index in [2.05, 4.69) is 15.5 Å². The van der Waals surface area contributed by atoms with Gasteiger partial charge in [-0.2, -0.15) is 0 Å². The van der Waals surface area contributed by atoms with Gasteiger partial charge in [0.05, 0.1) is 6.42 Å². The molecule has 126 valence electrons. The van der Waals surface area contributed by atoms with Crippen molar-refractivity contribution >= 4 is 12.0 Å². The zero-order valence-corrected chi connectivity index (χ0v) is 13.4. The predicted octanol–water partition coefficient (Wildman–Crippen LogP) is 1.95. The first-order valence-corrected chi connectivity index (χ1v) is 8.61. The fourth-order valence-corrected chi connectivity index (χ4v) is 3.77. The van der Waals surface area contributed by atoms with E-state index in [-0.39, 0.29) is 24.5 Å². The summed E-state index contributed by atoms with van der Waals surface area (Å²) in [5.41, 5.74) is 0.114. The predicted molar refractivity (Wildman–Crippen MR) is 84.9 cm³/mol. The number of carboxylic acids is 1. The number of hydrogen-bond acceptors (Lipinski definition) is 3. The highest BCUT2D eigenvalue weighted by Gasteiger charge is 2.38. The average Bonchev–Trinajstić information content (AvgIpc) is 2.54. The van der Waals surface area contributed by atoms with E-state index in [0.29, 0.717) is 6.54 Å². The number of nitrogens with zero attached hydrogens (tertiary/aromatic N) is 1. The van der Waals surface area contributed by atoms with Gasteiger partial charge in [-0.15, -0.1) is 0 Å². The SMILES string of the molecule is O=C(O)CCNC(=O)NCC1(N2CCCCC2)CCCCC1. The number of piperidine rings is 1. The summed E-state index contributed by atoms with van der Waals surface area (Å²) in [6.07, 6.45) is 9.86. The zero-order valence-electron chi connectivity index (χ0n) is 13.4. The summed E-state index contributed by atoms with van der Waals surface area (Å²) in [6.45, 7) is 3.13. The van der Waals surface area contributed by atoms with Gasteiger partial charge >= 0.3 is 12.0 Å². The van der Waals surface area contributed by atoms with Gasteiger partial charge in [-0.25, -0.2) is 4.79 Å². The van der Waals surface area contributed by atoms with Crippen molar-refractivity contribution < 1.29 is 14.7 Å². The molecular weight excluding hydrogens is 282 g/mol. The number of urea groups is 1. The van der Waals surface area contributed by atoms with E-state index in [0.717, 1.165) is 25.9 Å². The molecule has 2 aliphatic rings. The van der Waals surface area contributed by atoms with Crippen LogP contribution in [0, 0.1) is 0 Å². The van der Waals surface area contributed by atoms with Gasteiger partial charge in [0.15, 0.2) is 0 Å². The van der Waals surface area contributed by atoms with Crippen molar-refractivity contribution in [3.8, 4) is 0 Å². The van der Waals surface area contributed by atoms with Crippen molar-refractivity contribution in [2.75, 3.05) is 26.2 Å². The maximum absolute atomic E-state index is 11.9. The van der Waals surface area contributed by atoms with Crippen LogP contribution in [0.25, 0.3) is 0 Å². The highest BCUT2D eigenvalue weighted by molar-refractivity contribution is 5.75. The molecule has 0 unspecified atom stereocenters. The summed E-state index contributed by atoms with van der Waals surface area (Å²) in [5, 5.41) is 14.2. The Morgan fingerprint density at radius 2 is 1.59 bits per heavy atom. The summed E-state index contributed by atoms with van der Waals surface area (Å²) in [4.78, 5) is 24.9. The summed E-state index contributed by atoms with van der Waals surface area (Å²) in [5.74, 6) is -0.891. The molecule has 22 heavy (non-hydrogen) atoms. The Hall–Kier alpha value is -1.30. The van der Waals surface area contributed by atoms with Gasteiger partial charge in [0, 0.05) is 18.6 Å². The largest absolute Gasteiger partial charge is 0.481 e. The molecule has 2 fully saturated rings. The first-order chi connectivity index (χ1) is 10.6. The van der Waals surface area contributed by atoms with Gasteiger partial charge in [0.1, 0.15) is 0 Å². The number of carbonyl (C=O) groups is 2. The van der Waals surface area contributed by atoms with Gasteiger partial charge < -0.3 is 15.7 Å². The maximum Gasteiger partial charge on any atom is 0.314 e. The van der Waals surface area contributed by atoms with Crippen LogP contribution in [0.1, 0.15) is 57.8 Å². The van der Waals surface area contributed by atoms with Crippen molar-refractivity contribution in [1.29, 1.82) is 0 Å². The molecule has 0 aromatic rings. The number of nitrogens with one attached hydrogen (secondary N) is 2. The second-order valence-electron chi connectivity index (χ2n) is 6.59. The molecule has 1 saturated heterocycles. The maximum atomic E-state index is 11.9. The molecule has 0 spiro atoms. The van der Waals surface area contributed by atoms with E-state index in [9.17, 15) is 9.59 Å². The van der Waals surface area contributed by atoms with Crippen LogP contribution in [0.3, 0.4) is 0 Å². The topological polar surface area (TPSA) is 81.7 Å². The third-order valence-electron chi connectivity index (χ3n) is 5.01. The second-order valence-corrected chi connectivity index (χ2v) is 6.59. The Morgan fingerprint density at radius 3 is 2.23 bits per heavy atom. The monoisotopic (exact) mass is 311 g/mol. The first-order valence-electron chi connectivity index (χ1n) is 8.61. The number of hydrogen-bond donors (Lipinski definition) is 3. The van der Waals surface area contributed by atoms with Gasteiger partial charge in [-0.1, -0.05) is 25.7 Å². The van der Waals surface area contributed by atoms with Gasteiger partial charge in [0.25, 0.3) is 0 Å². The summed E-state index contributed by atoms with van der Waals surface area (Å²) in [7, 11) is 0. The minimum Gasteiger partial charge on any atom is -0.481 e. The van der Waals surface area contributed by atoms with Gasteiger partial charge in [-0.3, -0.25) is 9.69 Å². The lowest BCUT2D eigenvalue weighted by atomic mass is 9.79. The Labute approximate surface area is 132 Å². The average molecular weight is 311 g/mol. The standard InChI is InChI=1S/C16H29N3O3/c20-14(21)7-10-17-15(22)18-13-16(8-3-1-4-9-16)19-11-5-2-6-12-19/h1-13H2,(H,20,21)(H2,17,18,22). The molecule has 6 nitrogen and oxygen atoms in total. The lowest BCUT2D eigenvalue weighted by Gasteiger charge is -2.48. The van der Waals surface area contributed by atoms with Crippen LogP contribution in [0.15, 0.2) is 0 Å². The molecular formula is C16H29N3O3. The Kier molecular flexibility index (Phi) is 6.49. The molecule has 2 amide bonds. The highest BCUT2D eigenvalue weighted by atomic mass is 16.4. The number of amides is 2. The molecule has 0 atom stereocenters. The van der Waals surface area contributed by atoms with Crippen molar-refractivity contribution in [2.24, 2.45) is 0 Å². The minimum atomic E-state index is -0.891. The number of likely N-dealkylation sites (tertiary alicyclic amines) is 1. The number of aliphatic carboxylic acids is 1. The van der Waals surface area contributed by atoms with Crippen LogP contribution >= 0.6 is 0 Å². The molecule has 0 bridgehead atoms. The van der Waals surface area contributed by atoms with E-state index >= 15 is 0 Å². The number of carbonyl (C=O) groups excluding carboxylic acids is 1. The normalized spacial score (nSPS) is 22.0. The zero-order chi connectivity index (χ0) is 15.8. The molecule has 1 saturated carbocycles. The highest BCUT2D eigenvalue weighted by Crippen LogP contribution is 2.35. The molecule has 1 heterocycles. The van der Waals surface area contributed by atoms with E-state index in [1.54, 1.807) is 0 Å². The van der Waals surface area contributed by atoms with Crippen LogP contribution in [-0.2, 0) is 4.79 Å². The third-order valence-corrected chi connectivity index (χ3v) is 5.01. The van der Waals surface area contributed by atoms with E-state index in [1.165, 1.54) is 38.5 Å². The van der Waals surface area contributed by atoms with Crippen molar-refractivity contribution in [3.05, 3.63) is 0 Å². The van der Waals surface area contributed by atoms with Crippen molar-refractivity contribution in [3.63, 3.8) is 0 Å². The van der Waals surface area contributed by atoms with Crippen molar-refractivity contribution in [2.45, 2.75) is 63.3 Å². The van der Waals surface area contributed by atoms with E-state index in [4.69, 9.17) is 5.11 Å². The minimum absolute atomic E-state index is 0.0370. The third kappa shape index (κ3) is 4.87. The second kappa shape index (κ2) is 8.36. The Balaban J connectivity index is 1.84. The number of rotatable bonds is 6. The van der Waals surface area contributed by atoms with Gasteiger partial charge in [0.2, 0.25) is 0 Å². The quantitative estimate of drug-likeness (QED) is 0.700. The van der Waals surface area contributed by atoms with Crippen LogP contribution in [0.5, 0.6) is 0 Å². The Bertz CT molecular complexity index is 375. The molecule has 6 heteroatoms. The Morgan fingerprint density at radius 1 is 0.955 bits per heavy atom. The van der Waals surface area contributed by atoms with Gasteiger partial charge in [-0.05, 0) is 38.8 Å². The van der Waals surface area contributed by atoms with Crippen LogP contribution in [0.4, 0.5) is 4.79 Å². The van der Waals surface area contributed by atoms with Crippen LogP contribution in [0.2, 0.25) is 0 Å². The molecule has 2 rings (SSSR count). The molecule has 0 radical (unpaired) electrons. The fraction of sp³-hybridized carbons (Fsp3) is 0.875. The molecule has 3 N–H and O–H groups in total. The van der Waals surface area contributed by atoms with E-state index < -0.39 is 5.97 Å². The summed E-state index contributed by atoms with van der Waals surface area (Å²) in [6, 6.07) is -0.247. The van der Waals surface area contributed by atoms with Crippen LogP contribution < -0.4 is 10.6 Å². The molecule has 0 aromatic heterocycles. The lowest BCUT2D eigenvalue weighted by Crippen LogP contribution is -2.59. The van der Waals surface area contributed by atoms with E-state index in [1.807, 2.05) is 0 Å². The first kappa shape index (κ1) is 17.1. The summed E-state index contributed by atoms with van der Waals surface area (Å²) < 4.78 is 0. The summed E-state index contributed by atoms with van der Waals surface area (Å²) >= 11 is 0.